The minimum Gasteiger partial charge on any atom is -1.00 e. The Labute approximate surface area is 195 Å². The van der Waals surface area contributed by atoms with Crippen LogP contribution < -0.4 is 43.1 Å². The second-order valence-electron chi connectivity index (χ2n) is 6.28. The number of alkyl halides is 2. The van der Waals surface area contributed by atoms with E-state index in [0.717, 1.165) is 36.8 Å². The van der Waals surface area contributed by atoms with Crippen molar-refractivity contribution < 1.29 is 43.1 Å². The molecule has 0 spiro atoms. The number of rotatable bonds is 13. The summed E-state index contributed by atoms with van der Waals surface area (Å²) in [5.74, 6) is 0. The molecule has 0 aliphatic rings. The van der Waals surface area contributed by atoms with Crippen molar-refractivity contribution in [2.75, 3.05) is 10.7 Å². The number of nitrogens with zero attached hydrogens (tertiary/aromatic N) is 4. The molecule has 2 aromatic heterocycles. The van der Waals surface area contributed by atoms with Crippen LogP contribution in [0.5, 0.6) is 0 Å². The fourth-order valence-electron chi connectivity index (χ4n) is 2.77. The fourth-order valence-corrected chi connectivity index (χ4v) is 3.57. The van der Waals surface area contributed by atoms with E-state index in [1.807, 2.05) is 0 Å². The minimum absolute atomic E-state index is 0. The Morgan fingerprint density at radius 3 is 1.42 bits per heavy atom. The highest BCUT2D eigenvalue weighted by molar-refractivity contribution is 9.09. The first kappa shape index (κ1) is 26.3. The maximum atomic E-state index is 3.49. The quantitative estimate of drug-likeness (QED) is 0.136. The molecule has 2 rings (SSSR count). The zero-order chi connectivity index (χ0) is 17.0. The number of imidazole rings is 2. The third kappa shape index (κ3) is 10.6. The predicted molar refractivity (Wildman–Crippen MR) is 105 cm³/mol. The van der Waals surface area contributed by atoms with Gasteiger partial charge in [0.05, 0.1) is 26.2 Å². The number of unbranched alkanes of at least 4 members (excludes halogenated alkanes) is 3. The molecule has 0 atom stereocenters. The molecule has 0 bridgehead atoms. The van der Waals surface area contributed by atoms with E-state index in [4.69, 9.17) is 0 Å². The van der Waals surface area contributed by atoms with Crippen LogP contribution in [0.2, 0.25) is 0 Å². The van der Waals surface area contributed by atoms with Gasteiger partial charge in [0.1, 0.15) is 24.8 Å². The zero-order valence-electron chi connectivity index (χ0n) is 15.3. The molecule has 0 saturated heterocycles. The summed E-state index contributed by atoms with van der Waals surface area (Å²) in [6, 6.07) is 0. The largest absolute Gasteiger partial charge is 1.00 e. The van der Waals surface area contributed by atoms with Crippen LogP contribution in [0.4, 0.5) is 0 Å². The number of aryl methyl sites for hydroxylation is 4. The highest BCUT2D eigenvalue weighted by atomic mass is 79.9. The summed E-state index contributed by atoms with van der Waals surface area (Å²) >= 11 is 6.97. The van der Waals surface area contributed by atoms with Crippen molar-refractivity contribution in [1.82, 2.24) is 9.13 Å². The van der Waals surface area contributed by atoms with Crippen molar-refractivity contribution in [3.05, 3.63) is 37.4 Å². The Bertz CT molecular complexity index is 521. The lowest BCUT2D eigenvalue weighted by molar-refractivity contribution is -0.697. The molecule has 0 fully saturated rings. The van der Waals surface area contributed by atoms with Crippen molar-refractivity contribution in [1.29, 1.82) is 0 Å². The molecular formula is C18H30Br4N4. The van der Waals surface area contributed by atoms with Crippen LogP contribution in [-0.4, -0.2) is 19.8 Å². The molecule has 0 aliphatic carbocycles. The Kier molecular flexibility index (Phi) is 16.5. The smallest absolute Gasteiger partial charge is 0.243 e. The number of halogens is 4. The Morgan fingerprint density at radius 1 is 0.615 bits per heavy atom. The predicted octanol–water partition coefficient (Wildman–Crippen LogP) is -2.30. The van der Waals surface area contributed by atoms with Gasteiger partial charge in [0.15, 0.2) is 0 Å². The summed E-state index contributed by atoms with van der Waals surface area (Å²) in [7, 11) is 0. The molecule has 2 aromatic rings. The van der Waals surface area contributed by atoms with Crippen LogP contribution in [0.15, 0.2) is 37.4 Å². The molecule has 0 amide bonds. The van der Waals surface area contributed by atoms with Crippen LogP contribution in [0.3, 0.4) is 0 Å². The van der Waals surface area contributed by atoms with Crippen molar-refractivity contribution in [2.45, 2.75) is 64.7 Å². The third-order valence-corrected chi connectivity index (χ3v) is 5.30. The van der Waals surface area contributed by atoms with E-state index in [0.29, 0.717) is 0 Å². The van der Waals surface area contributed by atoms with Crippen molar-refractivity contribution in [3.63, 3.8) is 0 Å². The molecule has 150 valence electrons. The van der Waals surface area contributed by atoms with Crippen molar-refractivity contribution >= 4 is 31.9 Å². The summed E-state index contributed by atoms with van der Waals surface area (Å²) < 4.78 is 9.21. The third-order valence-electron chi connectivity index (χ3n) is 4.18. The molecule has 8 heteroatoms. The molecule has 0 aromatic carbocycles. The normalized spacial score (nSPS) is 10.4. The molecule has 0 radical (unpaired) electrons. The SMILES string of the molecule is BrCCCC[n+]1ccn(CCCCn2cc[n+](CCCCBr)c2)c1.[Br-].[Br-]. The maximum Gasteiger partial charge on any atom is 0.243 e. The van der Waals surface area contributed by atoms with Gasteiger partial charge in [-0.15, -0.1) is 0 Å². The van der Waals surface area contributed by atoms with Gasteiger partial charge in [-0.2, -0.15) is 0 Å². The Balaban J connectivity index is 0.00000312. The van der Waals surface area contributed by atoms with Crippen LogP contribution in [-0.2, 0) is 26.2 Å². The van der Waals surface area contributed by atoms with Gasteiger partial charge in [0, 0.05) is 10.7 Å². The van der Waals surface area contributed by atoms with Crippen LogP contribution in [0, 0.1) is 0 Å². The van der Waals surface area contributed by atoms with E-state index in [1.54, 1.807) is 0 Å². The average molecular weight is 622 g/mol. The standard InChI is InChI=1S/C18H30Br2N4.2BrH/c19-7-1-3-9-21-13-15-23(17-21)11-5-6-12-24-16-14-22(18-24)10-4-2-8-20;;/h13-18H,1-12H2;2*1H/q+2;;/p-2. The van der Waals surface area contributed by atoms with Gasteiger partial charge in [-0.05, 0) is 38.5 Å². The van der Waals surface area contributed by atoms with E-state index in [9.17, 15) is 0 Å². The van der Waals surface area contributed by atoms with Gasteiger partial charge in [0.25, 0.3) is 0 Å². The van der Waals surface area contributed by atoms with E-state index < -0.39 is 0 Å². The lowest BCUT2D eigenvalue weighted by atomic mass is 10.3. The van der Waals surface area contributed by atoms with Crippen LogP contribution in [0.25, 0.3) is 0 Å². The summed E-state index contributed by atoms with van der Waals surface area (Å²) in [4.78, 5) is 0. The van der Waals surface area contributed by atoms with Crippen molar-refractivity contribution in [3.8, 4) is 0 Å². The highest BCUT2D eigenvalue weighted by Gasteiger charge is 2.06. The molecule has 0 N–H and O–H groups in total. The lowest BCUT2D eigenvalue weighted by Gasteiger charge is -1.98. The molecule has 2 heterocycles. The Morgan fingerprint density at radius 2 is 1.04 bits per heavy atom. The van der Waals surface area contributed by atoms with E-state index in [-0.39, 0.29) is 34.0 Å². The zero-order valence-corrected chi connectivity index (χ0v) is 21.6. The van der Waals surface area contributed by atoms with E-state index in [2.05, 4.69) is 87.6 Å². The number of hydrogen-bond donors (Lipinski definition) is 0. The van der Waals surface area contributed by atoms with Gasteiger partial charge in [-0.3, -0.25) is 0 Å². The summed E-state index contributed by atoms with van der Waals surface area (Å²) in [5.41, 5.74) is 0. The van der Waals surface area contributed by atoms with Gasteiger partial charge in [-0.1, -0.05) is 31.9 Å². The van der Waals surface area contributed by atoms with Gasteiger partial charge in [-0.25, -0.2) is 18.3 Å². The van der Waals surface area contributed by atoms with Crippen LogP contribution >= 0.6 is 31.9 Å². The van der Waals surface area contributed by atoms with Gasteiger partial charge >= 0.3 is 0 Å². The fraction of sp³-hybridized carbons (Fsp3) is 0.667. The molecular weight excluding hydrogens is 592 g/mol. The number of hydrogen-bond acceptors (Lipinski definition) is 0. The molecule has 0 saturated carbocycles. The Hall–Kier alpha value is 0.340. The molecule has 26 heavy (non-hydrogen) atoms. The maximum absolute atomic E-state index is 3.49. The second-order valence-corrected chi connectivity index (χ2v) is 7.86. The number of aromatic nitrogens is 4. The first-order valence-electron chi connectivity index (χ1n) is 9.03. The van der Waals surface area contributed by atoms with Crippen molar-refractivity contribution in [2.24, 2.45) is 0 Å². The van der Waals surface area contributed by atoms with Gasteiger partial charge in [0.2, 0.25) is 12.7 Å². The summed E-state index contributed by atoms with van der Waals surface area (Å²) in [6.45, 7) is 4.46. The monoisotopic (exact) mass is 618 g/mol. The lowest BCUT2D eigenvalue weighted by Crippen LogP contribution is -3.00. The van der Waals surface area contributed by atoms with Crippen LogP contribution in [0.1, 0.15) is 38.5 Å². The van der Waals surface area contributed by atoms with E-state index in [1.165, 1.54) is 38.5 Å². The molecule has 0 aliphatic heterocycles. The van der Waals surface area contributed by atoms with E-state index >= 15 is 0 Å². The summed E-state index contributed by atoms with van der Waals surface area (Å²) in [6.07, 6.45) is 20.6. The average Bonchev–Trinajstić information content (AvgIpc) is 3.22. The van der Waals surface area contributed by atoms with Gasteiger partial charge < -0.3 is 34.0 Å². The topological polar surface area (TPSA) is 17.6 Å². The molecule has 0 unspecified atom stereocenters. The highest BCUT2D eigenvalue weighted by Crippen LogP contribution is 2.00. The minimum atomic E-state index is 0. The first-order valence-corrected chi connectivity index (χ1v) is 11.3. The first-order chi connectivity index (χ1) is 11.8. The second kappa shape index (κ2) is 16.3. The molecule has 4 nitrogen and oxygen atoms in total. The summed E-state index contributed by atoms with van der Waals surface area (Å²) in [5, 5.41) is 2.20.